The van der Waals surface area contributed by atoms with Crippen LogP contribution in [-0.4, -0.2) is 45.4 Å². The van der Waals surface area contributed by atoms with Crippen molar-refractivity contribution in [2.45, 2.75) is 32.2 Å². The molecule has 158 valence electrons. The molecule has 0 saturated carbocycles. The number of β-amino-alcohol motifs (C(OH)–C–C–N with tert-alkyl or cyclic N) is 1. The average Bonchev–Trinajstić information content (AvgIpc) is 3.17. The quantitative estimate of drug-likeness (QED) is 0.572. The highest BCUT2D eigenvalue weighted by Crippen LogP contribution is 2.19. The molecule has 3 aromatic rings. The first-order chi connectivity index (χ1) is 14.7. The molecular weight excluding hydrogens is 376 g/mol. The highest BCUT2D eigenvalue weighted by molar-refractivity contribution is 5.29. The van der Waals surface area contributed by atoms with Gasteiger partial charge in [0.1, 0.15) is 24.3 Å². The maximum Gasteiger partial charge on any atom is 0.122 e. The maximum absolute atomic E-state index is 10.5. The fourth-order valence-corrected chi connectivity index (χ4v) is 3.88. The number of hydrogen-bond acceptors (Lipinski definition) is 5. The largest absolute Gasteiger partial charge is 0.491 e. The van der Waals surface area contributed by atoms with Gasteiger partial charge in [0, 0.05) is 45.6 Å². The van der Waals surface area contributed by atoms with Crippen molar-refractivity contribution in [3.63, 3.8) is 0 Å². The standard InChI is InChI=1S/C24H30N4O2/c1-27-12-10-26-24(27)15-25-14-19-5-4-8-23(13-19)30-18-22(29)17-28-11-9-20-6-2-3-7-21(20)16-28/h2-8,10,12-13,22,25,29H,9,11,14-18H2,1H3. The zero-order valence-corrected chi connectivity index (χ0v) is 17.5. The molecule has 2 N–H and O–H groups in total. The molecule has 0 bridgehead atoms. The van der Waals surface area contributed by atoms with Crippen molar-refractivity contribution in [3.8, 4) is 5.75 Å². The smallest absolute Gasteiger partial charge is 0.122 e. The van der Waals surface area contributed by atoms with Crippen LogP contribution in [0.25, 0.3) is 0 Å². The molecule has 1 unspecified atom stereocenters. The molecule has 1 aliphatic rings. The predicted octanol–water partition coefficient (Wildman–Crippen LogP) is 2.51. The van der Waals surface area contributed by atoms with E-state index in [9.17, 15) is 5.11 Å². The number of imidazole rings is 1. The number of ether oxygens (including phenoxy) is 1. The minimum atomic E-state index is -0.513. The molecule has 2 heterocycles. The minimum absolute atomic E-state index is 0.294. The highest BCUT2D eigenvalue weighted by Gasteiger charge is 2.18. The lowest BCUT2D eigenvalue weighted by molar-refractivity contribution is 0.0637. The van der Waals surface area contributed by atoms with Crippen molar-refractivity contribution in [2.75, 3.05) is 19.7 Å². The molecule has 6 heteroatoms. The number of nitrogens with one attached hydrogen (secondary N) is 1. The summed E-state index contributed by atoms with van der Waals surface area (Å²) in [6, 6.07) is 16.6. The van der Waals surface area contributed by atoms with E-state index < -0.39 is 6.10 Å². The average molecular weight is 407 g/mol. The van der Waals surface area contributed by atoms with E-state index in [1.165, 1.54) is 11.1 Å². The van der Waals surface area contributed by atoms with Gasteiger partial charge in [-0.25, -0.2) is 4.98 Å². The number of aromatic nitrogens is 2. The van der Waals surface area contributed by atoms with Crippen LogP contribution in [0.2, 0.25) is 0 Å². The van der Waals surface area contributed by atoms with Gasteiger partial charge in [0.15, 0.2) is 0 Å². The molecule has 0 aliphatic carbocycles. The van der Waals surface area contributed by atoms with Crippen LogP contribution in [0.1, 0.15) is 22.5 Å². The molecule has 0 amide bonds. The summed E-state index contributed by atoms with van der Waals surface area (Å²) in [5.74, 6) is 1.79. The number of hydrogen-bond donors (Lipinski definition) is 2. The molecular formula is C24H30N4O2. The van der Waals surface area contributed by atoms with E-state index in [-0.39, 0.29) is 0 Å². The van der Waals surface area contributed by atoms with Crippen LogP contribution < -0.4 is 10.1 Å². The first kappa shape index (κ1) is 20.6. The molecule has 1 aliphatic heterocycles. The van der Waals surface area contributed by atoms with E-state index in [1.807, 2.05) is 36.0 Å². The molecule has 4 rings (SSSR count). The van der Waals surface area contributed by atoms with Gasteiger partial charge in [-0.2, -0.15) is 0 Å². The van der Waals surface area contributed by atoms with Crippen molar-refractivity contribution in [3.05, 3.63) is 83.4 Å². The Balaban J connectivity index is 1.22. The molecule has 0 saturated heterocycles. The second-order valence-electron chi connectivity index (χ2n) is 7.92. The second kappa shape index (κ2) is 9.89. The fourth-order valence-electron chi connectivity index (χ4n) is 3.88. The van der Waals surface area contributed by atoms with Crippen molar-refractivity contribution >= 4 is 0 Å². The van der Waals surface area contributed by atoms with Crippen molar-refractivity contribution in [1.82, 2.24) is 19.8 Å². The summed E-state index contributed by atoms with van der Waals surface area (Å²) in [7, 11) is 1.99. The first-order valence-electron chi connectivity index (χ1n) is 10.5. The van der Waals surface area contributed by atoms with Crippen LogP contribution in [0.5, 0.6) is 5.75 Å². The molecule has 0 spiro atoms. The summed E-state index contributed by atoms with van der Waals surface area (Å²) in [6.07, 6.45) is 4.27. The Hall–Kier alpha value is -2.67. The lowest BCUT2D eigenvalue weighted by Crippen LogP contribution is -2.38. The van der Waals surface area contributed by atoms with Crippen LogP contribution in [0.4, 0.5) is 0 Å². The van der Waals surface area contributed by atoms with Crippen LogP contribution in [0, 0.1) is 0 Å². The van der Waals surface area contributed by atoms with E-state index in [0.29, 0.717) is 19.7 Å². The molecule has 6 nitrogen and oxygen atoms in total. The Morgan fingerprint density at radius 2 is 2.00 bits per heavy atom. The van der Waals surface area contributed by atoms with Gasteiger partial charge in [-0.05, 0) is 35.2 Å². The fraction of sp³-hybridized carbons (Fsp3) is 0.375. The van der Waals surface area contributed by atoms with E-state index in [1.54, 1.807) is 6.20 Å². The van der Waals surface area contributed by atoms with E-state index >= 15 is 0 Å². The van der Waals surface area contributed by atoms with Gasteiger partial charge in [0.2, 0.25) is 0 Å². The number of fused-ring (bicyclic) bond motifs is 1. The van der Waals surface area contributed by atoms with Crippen molar-refractivity contribution in [1.29, 1.82) is 0 Å². The van der Waals surface area contributed by atoms with Gasteiger partial charge >= 0.3 is 0 Å². The van der Waals surface area contributed by atoms with Gasteiger partial charge in [-0.3, -0.25) is 4.90 Å². The Kier molecular flexibility index (Phi) is 6.79. The number of rotatable bonds is 9. The van der Waals surface area contributed by atoms with E-state index in [2.05, 4.69) is 45.5 Å². The number of aryl methyl sites for hydroxylation is 1. The number of aliphatic hydroxyl groups is 1. The molecule has 1 aromatic heterocycles. The van der Waals surface area contributed by atoms with E-state index in [4.69, 9.17) is 4.74 Å². The predicted molar refractivity (Wildman–Crippen MR) is 117 cm³/mol. The van der Waals surface area contributed by atoms with Crippen LogP contribution in [0.15, 0.2) is 60.9 Å². The SMILES string of the molecule is Cn1ccnc1CNCc1cccc(OCC(O)CN2CCc3ccccc3C2)c1. The normalized spacial score (nSPS) is 15.0. The lowest BCUT2D eigenvalue weighted by atomic mass is 10.00. The molecule has 0 fully saturated rings. The Bertz CT molecular complexity index is 956. The number of nitrogens with zero attached hydrogens (tertiary/aromatic N) is 3. The third kappa shape index (κ3) is 5.48. The summed E-state index contributed by atoms with van der Waals surface area (Å²) in [5.41, 5.74) is 3.93. The van der Waals surface area contributed by atoms with Crippen molar-refractivity contribution in [2.24, 2.45) is 7.05 Å². The van der Waals surface area contributed by atoms with Crippen LogP contribution >= 0.6 is 0 Å². The zero-order valence-electron chi connectivity index (χ0n) is 17.5. The summed E-state index contributed by atoms with van der Waals surface area (Å²) < 4.78 is 7.88. The van der Waals surface area contributed by atoms with Crippen LogP contribution in [0.3, 0.4) is 0 Å². The van der Waals surface area contributed by atoms with Gasteiger partial charge in [0.25, 0.3) is 0 Å². The molecule has 1 atom stereocenters. The summed E-state index contributed by atoms with van der Waals surface area (Å²) >= 11 is 0. The van der Waals surface area contributed by atoms with Gasteiger partial charge in [0.05, 0.1) is 6.54 Å². The lowest BCUT2D eigenvalue weighted by Gasteiger charge is -2.30. The molecule has 2 aromatic carbocycles. The van der Waals surface area contributed by atoms with Gasteiger partial charge in [-0.15, -0.1) is 0 Å². The van der Waals surface area contributed by atoms with Gasteiger partial charge in [-0.1, -0.05) is 36.4 Å². The Labute approximate surface area is 178 Å². The second-order valence-corrected chi connectivity index (χ2v) is 7.92. The number of benzene rings is 2. The zero-order chi connectivity index (χ0) is 20.8. The van der Waals surface area contributed by atoms with E-state index in [0.717, 1.165) is 43.2 Å². The molecule has 30 heavy (non-hydrogen) atoms. The van der Waals surface area contributed by atoms with Crippen molar-refractivity contribution < 1.29 is 9.84 Å². The minimum Gasteiger partial charge on any atom is -0.491 e. The Morgan fingerprint density at radius 3 is 2.83 bits per heavy atom. The summed E-state index contributed by atoms with van der Waals surface area (Å²) in [4.78, 5) is 6.62. The molecule has 0 radical (unpaired) electrons. The van der Waals surface area contributed by atoms with Crippen LogP contribution in [-0.2, 0) is 33.1 Å². The first-order valence-corrected chi connectivity index (χ1v) is 10.5. The topological polar surface area (TPSA) is 62.6 Å². The summed E-state index contributed by atoms with van der Waals surface area (Å²) in [6.45, 7) is 4.24. The van der Waals surface area contributed by atoms with Gasteiger partial charge < -0.3 is 19.7 Å². The maximum atomic E-state index is 10.5. The Morgan fingerprint density at radius 1 is 1.13 bits per heavy atom. The number of aliphatic hydroxyl groups excluding tert-OH is 1. The third-order valence-electron chi connectivity index (χ3n) is 5.55. The monoisotopic (exact) mass is 406 g/mol. The third-order valence-corrected chi connectivity index (χ3v) is 5.55. The highest BCUT2D eigenvalue weighted by atomic mass is 16.5. The summed E-state index contributed by atoms with van der Waals surface area (Å²) in [5, 5.41) is 13.9.